The predicted molar refractivity (Wildman–Crippen MR) is 72.0 cm³/mol. The number of nitrogens with zero attached hydrogens (tertiary/aromatic N) is 5. The molecule has 0 atom stereocenters. The number of hydrogen-bond donors (Lipinski definition) is 1. The zero-order valence-corrected chi connectivity index (χ0v) is 11.9. The van der Waals surface area contributed by atoms with Crippen molar-refractivity contribution in [3.05, 3.63) is 11.9 Å². The van der Waals surface area contributed by atoms with Crippen LogP contribution in [0.1, 0.15) is 17.4 Å². The van der Waals surface area contributed by atoms with Crippen molar-refractivity contribution >= 4 is 12.1 Å². The van der Waals surface area contributed by atoms with Gasteiger partial charge in [0.15, 0.2) is 5.69 Å². The second-order valence-electron chi connectivity index (χ2n) is 4.70. The summed E-state index contributed by atoms with van der Waals surface area (Å²) in [6.45, 7) is 6.28. The van der Waals surface area contributed by atoms with E-state index >= 15 is 0 Å². The van der Waals surface area contributed by atoms with Crippen LogP contribution in [0.5, 0.6) is 0 Å². The SMILES string of the molecule is CCOC(=O)N1CCN(CCn2cc(C(=O)O)nn2)CC1. The summed E-state index contributed by atoms with van der Waals surface area (Å²) in [4.78, 5) is 26.1. The molecule has 0 unspecified atom stereocenters. The molecule has 9 heteroatoms. The Bertz CT molecular complexity index is 496. The van der Waals surface area contributed by atoms with Gasteiger partial charge < -0.3 is 14.7 Å². The number of aromatic nitrogens is 3. The fraction of sp³-hybridized carbons (Fsp3) is 0.667. The lowest BCUT2D eigenvalue weighted by atomic mass is 10.3. The highest BCUT2D eigenvalue weighted by molar-refractivity contribution is 5.84. The predicted octanol–water partition coefficient (Wildman–Crippen LogP) is -0.250. The number of ether oxygens (including phenoxy) is 1. The van der Waals surface area contributed by atoms with Crippen molar-refractivity contribution in [2.24, 2.45) is 0 Å². The third-order valence-electron chi connectivity index (χ3n) is 3.30. The zero-order chi connectivity index (χ0) is 15.2. The smallest absolute Gasteiger partial charge is 0.409 e. The maximum atomic E-state index is 11.6. The van der Waals surface area contributed by atoms with Crippen LogP contribution >= 0.6 is 0 Å². The number of hydrogen-bond acceptors (Lipinski definition) is 6. The number of carboxylic acid groups (broad SMARTS) is 1. The van der Waals surface area contributed by atoms with Crippen molar-refractivity contribution in [2.45, 2.75) is 13.5 Å². The highest BCUT2D eigenvalue weighted by Gasteiger charge is 2.21. The minimum absolute atomic E-state index is 0.0536. The second kappa shape index (κ2) is 7.02. The lowest BCUT2D eigenvalue weighted by Gasteiger charge is -2.33. The molecule has 1 fully saturated rings. The number of carboxylic acids is 1. The molecule has 0 saturated carbocycles. The van der Waals surface area contributed by atoms with E-state index in [9.17, 15) is 9.59 Å². The molecule has 1 aromatic rings. The molecule has 2 rings (SSSR count). The molecule has 1 N–H and O–H groups in total. The van der Waals surface area contributed by atoms with Crippen LogP contribution in [0.2, 0.25) is 0 Å². The van der Waals surface area contributed by atoms with Crippen LogP contribution in [-0.2, 0) is 11.3 Å². The van der Waals surface area contributed by atoms with Gasteiger partial charge in [-0.1, -0.05) is 5.21 Å². The molecule has 0 spiro atoms. The van der Waals surface area contributed by atoms with Gasteiger partial charge in [-0.3, -0.25) is 9.58 Å². The number of carbonyl (C=O) groups excluding carboxylic acids is 1. The van der Waals surface area contributed by atoms with E-state index in [1.165, 1.54) is 10.9 Å². The Hall–Kier alpha value is -2.16. The van der Waals surface area contributed by atoms with E-state index in [0.29, 0.717) is 26.2 Å². The summed E-state index contributed by atoms with van der Waals surface area (Å²) >= 11 is 0. The maximum absolute atomic E-state index is 11.6. The van der Waals surface area contributed by atoms with E-state index in [2.05, 4.69) is 15.2 Å². The largest absolute Gasteiger partial charge is 0.476 e. The first-order valence-electron chi connectivity index (χ1n) is 6.87. The topological polar surface area (TPSA) is 101 Å². The molecule has 1 aliphatic heterocycles. The van der Waals surface area contributed by atoms with Gasteiger partial charge in [0.2, 0.25) is 0 Å². The van der Waals surface area contributed by atoms with Crippen LogP contribution in [0.3, 0.4) is 0 Å². The number of carbonyl (C=O) groups is 2. The average Bonchev–Trinajstić information content (AvgIpc) is 2.95. The van der Waals surface area contributed by atoms with Crippen LogP contribution < -0.4 is 0 Å². The van der Waals surface area contributed by atoms with E-state index in [0.717, 1.165) is 19.6 Å². The highest BCUT2D eigenvalue weighted by Crippen LogP contribution is 2.04. The summed E-state index contributed by atoms with van der Waals surface area (Å²) in [6, 6.07) is 0. The average molecular weight is 297 g/mol. The van der Waals surface area contributed by atoms with E-state index < -0.39 is 5.97 Å². The molecule has 0 radical (unpaired) electrons. The summed E-state index contributed by atoms with van der Waals surface area (Å²) in [7, 11) is 0. The molecule has 2 heterocycles. The van der Waals surface area contributed by atoms with E-state index in [4.69, 9.17) is 9.84 Å². The Kier molecular flexibility index (Phi) is 5.09. The standard InChI is InChI=1S/C12H19N5O4/c1-2-21-12(20)16-6-3-15(4-7-16)5-8-17-9-10(11(18)19)13-14-17/h9H,2-8H2,1H3,(H,18,19). The van der Waals surface area contributed by atoms with Crippen molar-refractivity contribution in [1.82, 2.24) is 24.8 Å². The van der Waals surface area contributed by atoms with Crippen LogP contribution in [-0.4, -0.2) is 81.3 Å². The Morgan fingerprint density at radius 2 is 2.00 bits per heavy atom. The van der Waals surface area contributed by atoms with Crippen molar-refractivity contribution < 1.29 is 19.4 Å². The third-order valence-corrected chi connectivity index (χ3v) is 3.30. The van der Waals surface area contributed by atoms with Crippen molar-refractivity contribution in [2.75, 3.05) is 39.3 Å². The van der Waals surface area contributed by atoms with Crippen LogP contribution in [0.4, 0.5) is 4.79 Å². The first-order chi connectivity index (χ1) is 10.1. The molecule has 1 saturated heterocycles. The van der Waals surface area contributed by atoms with Gasteiger partial charge >= 0.3 is 12.1 Å². The minimum Gasteiger partial charge on any atom is -0.476 e. The van der Waals surface area contributed by atoms with Crippen molar-refractivity contribution in [3.63, 3.8) is 0 Å². The Labute approximate surface area is 122 Å². The maximum Gasteiger partial charge on any atom is 0.409 e. The van der Waals surface area contributed by atoms with Gasteiger partial charge in [-0.25, -0.2) is 9.59 Å². The van der Waals surface area contributed by atoms with Crippen LogP contribution in [0.15, 0.2) is 6.20 Å². The first kappa shape index (κ1) is 15.2. The quantitative estimate of drug-likeness (QED) is 0.799. The molecule has 1 aliphatic rings. The second-order valence-corrected chi connectivity index (χ2v) is 4.70. The number of amides is 1. The monoisotopic (exact) mass is 297 g/mol. The molecular formula is C12H19N5O4. The van der Waals surface area contributed by atoms with Gasteiger partial charge in [0.05, 0.1) is 19.3 Å². The lowest BCUT2D eigenvalue weighted by Crippen LogP contribution is -2.49. The minimum atomic E-state index is -1.08. The summed E-state index contributed by atoms with van der Waals surface area (Å²) in [5, 5.41) is 16.1. The molecule has 21 heavy (non-hydrogen) atoms. The number of rotatable bonds is 5. The van der Waals surface area contributed by atoms with Gasteiger partial charge in [0.1, 0.15) is 0 Å². The summed E-state index contributed by atoms with van der Waals surface area (Å²) in [5.41, 5.74) is -0.0536. The Morgan fingerprint density at radius 3 is 2.57 bits per heavy atom. The fourth-order valence-corrected chi connectivity index (χ4v) is 2.12. The van der Waals surface area contributed by atoms with Crippen molar-refractivity contribution in [1.29, 1.82) is 0 Å². The normalized spacial score (nSPS) is 16.0. The summed E-state index contributed by atoms with van der Waals surface area (Å²) in [5.74, 6) is -1.08. The van der Waals surface area contributed by atoms with Gasteiger partial charge in [0.25, 0.3) is 0 Å². The summed E-state index contributed by atoms with van der Waals surface area (Å²) < 4.78 is 6.48. The van der Waals surface area contributed by atoms with Crippen LogP contribution in [0, 0.1) is 0 Å². The Balaban J connectivity index is 1.73. The number of aromatic carboxylic acids is 1. The summed E-state index contributed by atoms with van der Waals surface area (Å²) in [6.07, 6.45) is 1.15. The zero-order valence-electron chi connectivity index (χ0n) is 11.9. The Morgan fingerprint density at radius 1 is 1.29 bits per heavy atom. The molecule has 9 nitrogen and oxygen atoms in total. The number of piperazine rings is 1. The van der Waals surface area contributed by atoms with E-state index in [1.54, 1.807) is 11.8 Å². The van der Waals surface area contributed by atoms with Gasteiger partial charge in [-0.05, 0) is 6.92 Å². The third kappa shape index (κ3) is 4.15. The fourth-order valence-electron chi connectivity index (χ4n) is 2.12. The molecule has 0 aliphatic carbocycles. The molecule has 116 valence electrons. The molecular weight excluding hydrogens is 278 g/mol. The molecule has 1 amide bonds. The van der Waals surface area contributed by atoms with Crippen LogP contribution in [0.25, 0.3) is 0 Å². The van der Waals surface area contributed by atoms with E-state index in [-0.39, 0.29) is 11.8 Å². The van der Waals surface area contributed by atoms with Gasteiger partial charge in [0, 0.05) is 32.7 Å². The molecule has 0 aromatic carbocycles. The van der Waals surface area contributed by atoms with Gasteiger partial charge in [-0.15, -0.1) is 5.10 Å². The van der Waals surface area contributed by atoms with Gasteiger partial charge in [-0.2, -0.15) is 0 Å². The lowest BCUT2D eigenvalue weighted by molar-refractivity contribution is 0.0690. The molecule has 0 bridgehead atoms. The van der Waals surface area contributed by atoms with Crippen molar-refractivity contribution in [3.8, 4) is 0 Å². The molecule has 1 aromatic heterocycles. The first-order valence-corrected chi connectivity index (χ1v) is 6.87. The highest BCUT2D eigenvalue weighted by atomic mass is 16.6. The van der Waals surface area contributed by atoms with E-state index in [1.807, 2.05) is 0 Å².